The molecule has 1 heterocycles. The molecule has 2 N–H and O–H groups in total. The molecule has 1 unspecified atom stereocenters. The molecular weight excluding hydrogens is 363 g/mol. The number of aliphatic hydroxyl groups is 1. The highest BCUT2D eigenvalue weighted by atomic mass is 35.5. The van der Waals surface area contributed by atoms with Crippen LogP contribution < -0.4 is 15.0 Å². The van der Waals surface area contributed by atoms with E-state index in [0.717, 1.165) is 5.56 Å². The summed E-state index contributed by atoms with van der Waals surface area (Å²) in [6.45, 7) is 0.986. The van der Waals surface area contributed by atoms with Crippen LogP contribution in [0, 0.1) is 0 Å². The fourth-order valence-electron chi connectivity index (χ4n) is 2.86. The van der Waals surface area contributed by atoms with E-state index in [1.807, 2.05) is 24.3 Å². The lowest BCUT2D eigenvalue weighted by Crippen LogP contribution is -2.50. The Hall–Kier alpha value is -1.79. The van der Waals surface area contributed by atoms with Gasteiger partial charge in [-0.3, -0.25) is 4.79 Å². The van der Waals surface area contributed by atoms with Crippen molar-refractivity contribution in [2.45, 2.75) is 6.04 Å². The van der Waals surface area contributed by atoms with Crippen molar-refractivity contribution in [1.29, 1.82) is 0 Å². The van der Waals surface area contributed by atoms with Gasteiger partial charge in [-0.1, -0.05) is 35.3 Å². The Morgan fingerprint density at radius 3 is 2.64 bits per heavy atom. The Morgan fingerprint density at radius 2 is 1.96 bits per heavy atom. The van der Waals surface area contributed by atoms with E-state index in [-0.39, 0.29) is 31.7 Å². The third kappa shape index (κ3) is 4.07. The molecule has 1 fully saturated rings. The maximum Gasteiger partial charge on any atom is 0.241 e. The molecular formula is C18H18Cl2N2O3. The predicted molar refractivity (Wildman–Crippen MR) is 98.6 cm³/mol. The molecule has 1 aliphatic heterocycles. The number of piperazine rings is 1. The summed E-state index contributed by atoms with van der Waals surface area (Å²) in [7, 11) is 0. The monoisotopic (exact) mass is 380 g/mol. The van der Waals surface area contributed by atoms with E-state index in [4.69, 9.17) is 33.0 Å². The number of rotatable bonds is 5. The molecule has 2 aromatic carbocycles. The Bertz CT molecular complexity index is 752. The van der Waals surface area contributed by atoms with Gasteiger partial charge in [0.2, 0.25) is 5.91 Å². The lowest BCUT2D eigenvalue weighted by Gasteiger charge is -2.37. The SMILES string of the molecule is O=C1CNCC(c2ccc(Cl)cc2)N1c1ccc(OCCO)cc1Cl. The minimum Gasteiger partial charge on any atom is -0.491 e. The average molecular weight is 381 g/mol. The Balaban J connectivity index is 1.93. The molecule has 0 bridgehead atoms. The number of nitrogens with one attached hydrogen (secondary N) is 1. The maximum absolute atomic E-state index is 12.6. The quantitative estimate of drug-likeness (QED) is 0.836. The number of benzene rings is 2. The van der Waals surface area contributed by atoms with Crippen LogP contribution in [-0.4, -0.2) is 37.3 Å². The van der Waals surface area contributed by atoms with Crippen molar-refractivity contribution in [3.63, 3.8) is 0 Å². The first-order valence-electron chi connectivity index (χ1n) is 7.91. The number of carbonyl (C=O) groups is 1. The van der Waals surface area contributed by atoms with Gasteiger partial charge in [0.15, 0.2) is 0 Å². The molecule has 0 radical (unpaired) electrons. The molecule has 1 aliphatic rings. The standard InChI is InChI=1S/C18H18Cl2N2O3/c19-13-3-1-12(2-4-13)17-10-21-11-18(24)22(17)16-6-5-14(9-15(16)20)25-8-7-23/h1-6,9,17,21,23H,7-8,10-11H2. The summed E-state index contributed by atoms with van der Waals surface area (Å²) >= 11 is 12.4. The third-order valence-corrected chi connectivity index (χ3v) is 4.54. The summed E-state index contributed by atoms with van der Waals surface area (Å²) in [4.78, 5) is 14.3. The second-order valence-electron chi connectivity index (χ2n) is 5.65. The van der Waals surface area contributed by atoms with E-state index in [1.165, 1.54) is 0 Å². The number of aliphatic hydroxyl groups excluding tert-OH is 1. The van der Waals surface area contributed by atoms with Gasteiger partial charge in [0.05, 0.1) is 29.9 Å². The van der Waals surface area contributed by atoms with Crippen molar-refractivity contribution in [3.05, 3.63) is 58.1 Å². The highest BCUT2D eigenvalue weighted by Gasteiger charge is 2.31. The molecule has 7 heteroatoms. The molecule has 0 saturated carbocycles. The van der Waals surface area contributed by atoms with Crippen LogP contribution in [0.25, 0.3) is 0 Å². The molecule has 1 saturated heterocycles. The Kier molecular flexibility index (Phi) is 5.81. The zero-order valence-corrected chi connectivity index (χ0v) is 14.9. The zero-order chi connectivity index (χ0) is 17.8. The van der Waals surface area contributed by atoms with Gasteiger partial charge >= 0.3 is 0 Å². The summed E-state index contributed by atoms with van der Waals surface area (Å²) in [6.07, 6.45) is 0. The van der Waals surface area contributed by atoms with Gasteiger partial charge in [0.1, 0.15) is 12.4 Å². The van der Waals surface area contributed by atoms with Crippen LogP contribution in [0.2, 0.25) is 10.0 Å². The van der Waals surface area contributed by atoms with Gasteiger partial charge in [0, 0.05) is 17.6 Å². The molecule has 3 rings (SSSR count). The van der Waals surface area contributed by atoms with Crippen molar-refractivity contribution in [2.24, 2.45) is 0 Å². The molecule has 1 amide bonds. The fraction of sp³-hybridized carbons (Fsp3) is 0.278. The topological polar surface area (TPSA) is 61.8 Å². The molecule has 5 nitrogen and oxygen atoms in total. The highest BCUT2D eigenvalue weighted by Crippen LogP contribution is 2.36. The summed E-state index contributed by atoms with van der Waals surface area (Å²) in [5.74, 6) is 0.491. The first-order chi connectivity index (χ1) is 12.1. The van der Waals surface area contributed by atoms with Crippen molar-refractivity contribution >= 4 is 34.8 Å². The Labute approximate surface area is 156 Å². The van der Waals surface area contributed by atoms with Crippen LogP contribution >= 0.6 is 23.2 Å². The molecule has 132 valence electrons. The van der Waals surface area contributed by atoms with Gasteiger partial charge in [0.25, 0.3) is 0 Å². The van der Waals surface area contributed by atoms with Gasteiger partial charge in [-0.25, -0.2) is 0 Å². The van der Waals surface area contributed by atoms with Gasteiger partial charge in [-0.05, 0) is 29.8 Å². The average Bonchev–Trinajstić information content (AvgIpc) is 2.61. The Morgan fingerprint density at radius 1 is 1.20 bits per heavy atom. The second kappa shape index (κ2) is 8.06. The minimum atomic E-state index is -0.180. The second-order valence-corrected chi connectivity index (χ2v) is 6.49. The smallest absolute Gasteiger partial charge is 0.241 e. The van der Waals surface area contributed by atoms with E-state index in [1.54, 1.807) is 23.1 Å². The van der Waals surface area contributed by atoms with Gasteiger partial charge in [-0.2, -0.15) is 0 Å². The predicted octanol–water partition coefficient (Wildman–Crippen LogP) is 3.04. The molecule has 0 aromatic heterocycles. The van der Waals surface area contributed by atoms with Crippen LogP contribution in [0.1, 0.15) is 11.6 Å². The number of hydrogen-bond acceptors (Lipinski definition) is 4. The number of ether oxygens (including phenoxy) is 1. The largest absolute Gasteiger partial charge is 0.491 e. The lowest BCUT2D eigenvalue weighted by atomic mass is 10.0. The van der Waals surface area contributed by atoms with Crippen LogP contribution in [0.3, 0.4) is 0 Å². The molecule has 0 spiro atoms. The summed E-state index contributed by atoms with van der Waals surface area (Å²) in [5, 5.41) is 13.0. The fourth-order valence-corrected chi connectivity index (χ4v) is 3.24. The third-order valence-electron chi connectivity index (χ3n) is 3.99. The van der Waals surface area contributed by atoms with E-state index < -0.39 is 0 Å². The van der Waals surface area contributed by atoms with Crippen LogP contribution in [0.15, 0.2) is 42.5 Å². The summed E-state index contributed by atoms with van der Waals surface area (Å²) in [5.41, 5.74) is 1.60. The van der Waals surface area contributed by atoms with Gasteiger partial charge < -0.3 is 20.1 Å². The zero-order valence-electron chi connectivity index (χ0n) is 13.4. The lowest BCUT2D eigenvalue weighted by molar-refractivity contribution is -0.119. The normalized spacial score (nSPS) is 17.6. The van der Waals surface area contributed by atoms with Crippen LogP contribution in [0.4, 0.5) is 5.69 Å². The van der Waals surface area contributed by atoms with E-state index in [2.05, 4.69) is 5.32 Å². The van der Waals surface area contributed by atoms with E-state index in [0.29, 0.717) is 28.0 Å². The molecule has 1 atom stereocenters. The van der Waals surface area contributed by atoms with Gasteiger partial charge in [-0.15, -0.1) is 0 Å². The van der Waals surface area contributed by atoms with Crippen molar-refractivity contribution in [3.8, 4) is 5.75 Å². The van der Waals surface area contributed by atoms with E-state index >= 15 is 0 Å². The number of anilines is 1. The molecule has 2 aromatic rings. The molecule has 25 heavy (non-hydrogen) atoms. The number of halogens is 2. The first kappa shape index (κ1) is 18.0. The number of amides is 1. The van der Waals surface area contributed by atoms with E-state index in [9.17, 15) is 4.79 Å². The van der Waals surface area contributed by atoms with Crippen molar-refractivity contribution < 1.29 is 14.6 Å². The first-order valence-corrected chi connectivity index (χ1v) is 8.67. The summed E-state index contributed by atoms with van der Waals surface area (Å²) < 4.78 is 5.36. The number of nitrogens with zero attached hydrogens (tertiary/aromatic N) is 1. The molecule has 0 aliphatic carbocycles. The highest BCUT2D eigenvalue weighted by molar-refractivity contribution is 6.34. The van der Waals surface area contributed by atoms with Crippen LogP contribution in [0.5, 0.6) is 5.75 Å². The number of carbonyl (C=O) groups excluding carboxylic acids is 1. The minimum absolute atomic E-state index is 0.0582. The van der Waals surface area contributed by atoms with Crippen LogP contribution in [-0.2, 0) is 4.79 Å². The van der Waals surface area contributed by atoms with Crippen molar-refractivity contribution in [1.82, 2.24) is 5.32 Å². The maximum atomic E-state index is 12.6. The van der Waals surface area contributed by atoms with Crippen molar-refractivity contribution in [2.75, 3.05) is 31.2 Å². The number of hydrogen-bond donors (Lipinski definition) is 2. The summed E-state index contributed by atoms with van der Waals surface area (Å²) in [6, 6.07) is 12.4.